The number of hydrogen-bond acceptors (Lipinski definition) is 6. The molecule has 0 amide bonds. The third-order valence-corrected chi connectivity index (χ3v) is 4.68. The van der Waals surface area contributed by atoms with Gasteiger partial charge in [-0.15, -0.1) is 11.3 Å². The number of benzene rings is 2. The van der Waals surface area contributed by atoms with E-state index in [4.69, 9.17) is 4.74 Å². The number of allylic oxidation sites excluding steroid dienone is 1. The molecule has 6 heteroatoms. The van der Waals surface area contributed by atoms with E-state index in [-0.39, 0.29) is 5.78 Å². The van der Waals surface area contributed by atoms with E-state index in [9.17, 15) is 14.4 Å². The molecule has 0 N–H and O–H groups in total. The maximum absolute atomic E-state index is 12.3. The summed E-state index contributed by atoms with van der Waals surface area (Å²) in [6.07, 6.45) is 3.11. The second kappa shape index (κ2) is 8.92. The molecule has 0 saturated carbocycles. The van der Waals surface area contributed by atoms with E-state index in [0.29, 0.717) is 21.8 Å². The maximum atomic E-state index is 12.3. The van der Waals surface area contributed by atoms with Crippen LogP contribution in [0, 0.1) is 0 Å². The van der Waals surface area contributed by atoms with Gasteiger partial charge in [-0.2, -0.15) is 0 Å². The lowest BCUT2D eigenvalue weighted by molar-refractivity contribution is 0.0600. The summed E-state index contributed by atoms with van der Waals surface area (Å²) in [4.78, 5) is 36.1. The molecule has 0 aliphatic heterocycles. The first-order valence-electron chi connectivity index (χ1n) is 8.33. The number of rotatable bonds is 6. The fourth-order valence-corrected chi connectivity index (χ4v) is 2.95. The van der Waals surface area contributed by atoms with Gasteiger partial charge in [0.05, 0.1) is 12.7 Å². The van der Waals surface area contributed by atoms with Crippen molar-refractivity contribution >= 4 is 35.1 Å². The molecule has 0 saturated heterocycles. The monoisotopic (exact) mass is 392 g/mol. The molecule has 0 aliphatic rings. The molecule has 0 unspecified atom stereocenters. The van der Waals surface area contributed by atoms with E-state index in [1.165, 1.54) is 24.5 Å². The Kier molecular flexibility index (Phi) is 6.14. The predicted molar refractivity (Wildman–Crippen MR) is 107 cm³/mol. The average molecular weight is 392 g/mol. The van der Waals surface area contributed by atoms with Crippen LogP contribution >= 0.6 is 11.3 Å². The molecule has 1 heterocycles. The molecule has 2 aromatic carbocycles. The van der Waals surface area contributed by atoms with Gasteiger partial charge < -0.3 is 9.47 Å². The first-order chi connectivity index (χ1) is 13.6. The highest BCUT2D eigenvalue weighted by Gasteiger charge is 2.10. The minimum atomic E-state index is -0.427. The Balaban J connectivity index is 1.62. The lowest BCUT2D eigenvalue weighted by Gasteiger charge is -2.03. The Morgan fingerprint density at radius 1 is 0.857 bits per heavy atom. The Hall–Kier alpha value is -3.51. The smallest absolute Gasteiger partial charge is 0.353 e. The van der Waals surface area contributed by atoms with Crippen LogP contribution in [0.3, 0.4) is 0 Å². The summed E-state index contributed by atoms with van der Waals surface area (Å²) in [5, 5.41) is 1.80. The third kappa shape index (κ3) is 4.81. The number of carbonyl (C=O) groups is 3. The number of thiophene rings is 1. The lowest BCUT2D eigenvalue weighted by atomic mass is 10.1. The number of esters is 2. The largest absolute Gasteiger partial charge is 0.465 e. The van der Waals surface area contributed by atoms with Gasteiger partial charge in [-0.05, 0) is 59.5 Å². The summed E-state index contributed by atoms with van der Waals surface area (Å²) < 4.78 is 9.91. The molecule has 0 bridgehead atoms. The molecule has 1 aromatic heterocycles. The van der Waals surface area contributed by atoms with E-state index in [2.05, 4.69) is 4.74 Å². The fourth-order valence-electron chi connectivity index (χ4n) is 2.36. The number of methoxy groups -OCH3 is 1. The molecule has 3 rings (SSSR count). The van der Waals surface area contributed by atoms with Gasteiger partial charge in [0.1, 0.15) is 10.6 Å². The van der Waals surface area contributed by atoms with Crippen molar-refractivity contribution in [1.82, 2.24) is 0 Å². The molecule has 5 nitrogen and oxygen atoms in total. The van der Waals surface area contributed by atoms with E-state index in [0.717, 1.165) is 5.56 Å². The second-order valence-corrected chi connectivity index (χ2v) is 6.65. The number of carbonyl (C=O) groups excluding carboxylic acids is 3. The number of ketones is 1. The molecule has 0 spiro atoms. The van der Waals surface area contributed by atoms with Crippen molar-refractivity contribution in [3.05, 3.63) is 93.7 Å². The summed E-state index contributed by atoms with van der Waals surface area (Å²) in [7, 11) is 1.32. The molecular formula is C22H16O5S. The average Bonchev–Trinajstić information content (AvgIpc) is 3.27. The zero-order valence-electron chi connectivity index (χ0n) is 15.0. The number of hydrogen-bond donors (Lipinski definition) is 0. The quantitative estimate of drug-likeness (QED) is 0.264. The summed E-state index contributed by atoms with van der Waals surface area (Å²) >= 11 is 1.30. The molecule has 3 aromatic rings. The molecule has 140 valence electrons. The maximum Gasteiger partial charge on any atom is 0.353 e. The van der Waals surface area contributed by atoms with Crippen LogP contribution in [0.5, 0.6) is 5.75 Å². The lowest BCUT2D eigenvalue weighted by Crippen LogP contribution is -2.06. The molecule has 0 radical (unpaired) electrons. The van der Waals surface area contributed by atoms with Crippen LogP contribution in [0.25, 0.3) is 6.08 Å². The van der Waals surface area contributed by atoms with Crippen molar-refractivity contribution in [1.29, 1.82) is 0 Å². The van der Waals surface area contributed by atoms with E-state index in [1.807, 2.05) is 0 Å². The highest BCUT2D eigenvalue weighted by molar-refractivity contribution is 7.12. The molecule has 0 aliphatic carbocycles. The van der Waals surface area contributed by atoms with Crippen LogP contribution in [0.1, 0.15) is 36.0 Å². The van der Waals surface area contributed by atoms with Gasteiger partial charge in [0.2, 0.25) is 0 Å². The standard InChI is InChI=1S/C22H16O5S/c1-26-21(24)17-7-4-15(5-8-17)6-13-19(23)16-9-11-18(12-10-16)27-22(25)20-3-2-14-28-20/h2-14H,1H3. The second-order valence-electron chi connectivity index (χ2n) is 5.70. The van der Waals surface area contributed by atoms with Crippen LogP contribution in [0.2, 0.25) is 0 Å². The third-order valence-electron chi connectivity index (χ3n) is 3.83. The minimum Gasteiger partial charge on any atom is -0.465 e. The van der Waals surface area contributed by atoms with Gasteiger partial charge >= 0.3 is 11.9 Å². The normalized spacial score (nSPS) is 10.6. The Morgan fingerprint density at radius 3 is 2.14 bits per heavy atom. The van der Waals surface area contributed by atoms with Crippen LogP contribution in [-0.4, -0.2) is 24.8 Å². The highest BCUT2D eigenvalue weighted by Crippen LogP contribution is 2.17. The first kappa shape index (κ1) is 19.3. The van der Waals surface area contributed by atoms with Crippen molar-refractivity contribution in [3.63, 3.8) is 0 Å². The van der Waals surface area contributed by atoms with Gasteiger partial charge in [-0.3, -0.25) is 4.79 Å². The van der Waals surface area contributed by atoms with Gasteiger partial charge in [0.25, 0.3) is 0 Å². The van der Waals surface area contributed by atoms with Crippen LogP contribution in [0.4, 0.5) is 0 Å². The van der Waals surface area contributed by atoms with E-state index >= 15 is 0 Å². The summed E-state index contributed by atoms with van der Waals surface area (Å²) in [5.74, 6) is -0.652. The van der Waals surface area contributed by atoms with Gasteiger partial charge in [0, 0.05) is 5.56 Å². The first-order valence-corrected chi connectivity index (χ1v) is 9.21. The molecule has 28 heavy (non-hydrogen) atoms. The zero-order chi connectivity index (χ0) is 19.9. The summed E-state index contributed by atoms with van der Waals surface area (Å²) in [6.45, 7) is 0. The number of ether oxygens (including phenoxy) is 2. The SMILES string of the molecule is COC(=O)c1ccc(C=CC(=O)c2ccc(OC(=O)c3cccs3)cc2)cc1. The van der Waals surface area contributed by atoms with E-state index < -0.39 is 11.9 Å². The van der Waals surface area contributed by atoms with Crippen molar-refractivity contribution in [2.75, 3.05) is 7.11 Å². The summed E-state index contributed by atoms with van der Waals surface area (Å²) in [6, 6.07) is 16.5. The van der Waals surface area contributed by atoms with Gasteiger partial charge in [-0.25, -0.2) is 9.59 Å². The van der Waals surface area contributed by atoms with E-state index in [1.54, 1.807) is 72.1 Å². The van der Waals surface area contributed by atoms with Crippen LogP contribution in [0.15, 0.2) is 72.1 Å². The zero-order valence-corrected chi connectivity index (χ0v) is 15.8. The minimum absolute atomic E-state index is 0.187. The Bertz CT molecular complexity index is 1000. The van der Waals surface area contributed by atoms with Gasteiger partial charge in [-0.1, -0.05) is 24.3 Å². The highest BCUT2D eigenvalue weighted by atomic mass is 32.1. The summed E-state index contributed by atoms with van der Waals surface area (Å²) in [5.41, 5.74) is 1.69. The Morgan fingerprint density at radius 2 is 1.54 bits per heavy atom. The van der Waals surface area contributed by atoms with Crippen LogP contribution in [-0.2, 0) is 4.74 Å². The predicted octanol–water partition coefficient (Wildman–Crippen LogP) is 4.65. The van der Waals surface area contributed by atoms with Crippen LogP contribution < -0.4 is 4.74 Å². The van der Waals surface area contributed by atoms with Crippen molar-refractivity contribution in [2.24, 2.45) is 0 Å². The van der Waals surface area contributed by atoms with Crippen molar-refractivity contribution in [2.45, 2.75) is 0 Å². The molecular weight excluding hydrogens is 376 g/mol. The molecule has 0 fully saturated rings. The van der Waals surface area contributed by atoms with Crippen molar-refractivity contribution < 1.29 is 23.9 Å². The Labute approximate surface area is 165 Å². The molecule has 0 atom stereocenters. The topological polar surface area (TPSA) is 69.7 Å². The van der Waals surface area contributed by atoms with Crippen molar-refractivity contribution in [3.8, 4) is 5.75 Å². The van der Waals surface area contributed by atoms with Gasteiger partial charge in [0.15, 0.2) is 5.78 Å². The fraction of sp³-hybridized carbons (Fsp3) is 0.0455.